The van der Waals surface area contributed by atoms with Gasteiger partial charge in [-0.2, -0.15) is 8.42 Å². The summed E-state index contributed by atoms with van der Waals surface area (Å²) in [7, 11) is -1.05. The molecule has 0 bridgehead atoms. The first-order valence-corrected chi connectivity index (χ1v) is 8.42. The monoisotopic (exact) mass is 363 g/mol. The highest BCUT2D eigenvalue weighted by Gasteiger charge is 2.31. The first-order valence-electron chi connectivity index (χ1n) is 6.98. The third-order valence-corrected chi connectivity index (χ3v) is 4.90. The SMILES string of the molecule is COc1ccc(OC)c(NC2=NS(=O)(=O)c3cc([N+](=O)[O-])ccc32)c1. The zero-order chi connectivity index (χ0) is 18.2. The molecule has 0 aromatic heterocycles. The van der Waals surface area contributed by atoms with Crippen molar-refractivity contribution >= 4 is 27.2 Å². The third-order valence-electron chi connectivity index (χ3n) is 3.58. The molecule has 1 aliphatic rings. The molecule has 0 radical (unpaired) electrons. The Balaban J connectivity index is 2.06. The Kier molecular flexibility index (Phi) is 4.05. The molecule has 130 valence electrons. The van der Waals surface area contributed by atoms with Gasteiger partial charge >= 0.3 is 0 Å². The van der Waals surface area contributed by atoms with E-state index >= 15 is 0 Å². The van der Waals surface area contributed by atoms with Crippen LogP contribution in [0.1, 0.15) is 5.56 Å². The van der Waals surface area contributed by atoms with E-state index in [9.17, 15) is 18.5 Å². The van der Waals surface area contributed by atoms with Crippen LogP contribution in [0.25, 0.3) is 0 Å². The molecule has 25 heavy (non-hydrogen) atoms. The highest BCUT2D eigenvalue weighted by atomic mass is 32.2. The number of sulfonamides is 1. The minimum atomic E-state index is -4.02. The number of non-ortho nitro benzene ring substituents is 1. The molecule has 10 heteroatoms. The van der Waals surface area contributed by atoms with Crippen molar-refractivity contribution in [3.05, 3.63) is 52.1 Å². The summed E-state index contributed by atoms with van der Waals surface area (Å²) in [5.74, 6) is 1.04. The van der Waals surface area contributed by atoms with Gasteiger partial charge < -0.3 is 14.8 Å². The number of rotatable bonds is 4. The van der Waals surface area contributed by atoms with Crippen molar-refractivity contribution in [2.24, 2.45) is 4.40 Å². The fourth-order valence-corrected chi connectivity index (χ4v) is 3.58. The van der Waals surface area contributed by atoms with Crippen LogP contribution in [-0.2, 0) is 10.0 Å². The van der Waals surface area contributed by atoms with Crippen molar-refractivity contribution in [2.45, 2.75) is 4.90 Å². The van der Waals surface area contributed by atoms with Crippen LogP contribution >= 0.6 is 0 Å². The maximum atomic E-state index is 12.2. The van der Waals surface area contributed by atoms with Gasteiger partial charge in [0, 0.05) is 23.8 Å². The zero-order valence-electron chi connectivity index (χ0n) is 13.2. The van der Waals surface area contributed by atoms with Gasteiger partial charge in [-0.1, -0.05) is 0 Å². The van der Waals surface area contributed by atoms with E-state index in [4.69, 9.17) is 9.47 Å². The molecular formula is C15H13N3O6S. The van der Waals surface area contributed by atoms with Gasteiger partial charge in [-0.3, -0.25) is 10.1 Å². The second-order valence-corrected chi connectivity index (χ2v) is 6.62. The summed E-state index contributed by atoms with van der Waals surface area (Å²) in [4.78, 5) is 9.99. The Bertz CT molecular complexity index is 1000. The lowest BCUT2D eigenvalue weighted by molar-refractivity contribution is -0.385. The van der Waals surface area contributed by atoms with Gasteiger partial charge in [0.2, 0.25) is 0 Å². The van der Waals surface area contributed by atoms with Gasteiger partial charge in [-0.15, -0.1) is 4.40 Å². The van der Waals surface area contributed by atoms with Crippen LogP contribution in [-0.4, -0.2) is 33.4 Å². The number of hydrogen-bond acceptors (Lipinski definition) is 7. The average molecular weight is 363 g/mol. The van der Waals surface area contributed by atoms with Crippen LogP contribution in [0.4, 0.5) is 11.4 Å². The molecule has 1 aliphatic heterocycles. The van der Waals surface area contributed by atoms with Crippen LogP contribution in [0.3, 0.4) is 0 Å². The van der Waals surface area contributed by atoms with Crippen molar-refractivity contribution in [2.75, 3.05) is 19.5 Å². The number of hydrogen-bond donors (Lipinski definition) is 1. The van der Waals surface area contributed by atoms with Gasteiger partial charge in [0.15, 0.2) is 5.84 Å². The molecule has 0 amide bonds. The Morgan fingerprint density at radius 1 is 1.12 bits per heavy atom. The van der Waals surface area contributed by atoms with E-state index in [1.165, 1.54) is 26.4 Å². The summed E-state index contributed by atoms with van der Waals surface area (Å²) < 4.78 is 38.5. The molecule has 0 fully saturated rings. The number of ether oxygens (including phenoxy) is 2. The number of nitro groups is 1. The van der Waals surface area contributed by atoms with Gasteiger partial charge in [0.05, 0.1) is 24.8 Å². The smallest absolute Gasteiger partial charge is 0.285 e. The van der Waals surface area contributed by atoms with E-state index in [1.54, 1.807) is 18.2 Å². The van der Waals surface area contributed by atoms with Crippen molar-refractivity contribution in [3.63, 3.8) is 0 Å². The van der Waals surface area contributed by atoms with Gasteiger partial charge in [-0.05, 0) is 18.2 Å². The van der Waals surface area contributed by atoms with E-state index in [1.807, 2.05) is 0 Å². The summed E-state index contributed by atoms with van der Waals surface area (Å²) in [6.07, 6.45) is 0. The highest BCUT2D eigenvalue weighted by Crippen LogP contribution is 2.33. The molecule has 0 unspecified atom stereocenters. The first kappa shape index (κ1) is 16.7. The van der Waals surface area contributed by atoms with Crippen LogP contribution in [0, 0.1) is 10.1 Å². The maximum absolute atomic E-state index is 12.2. The summed E-state index contributed by atoms with van der Waals surface area (Å²) in [5.41, 5.74) is 0.371. The Hall–Kier alpha value is -3.14. The van der Waals surface area contributed by atoms with E-state index in [0.717, 1.165) is 6.07 Å². The molecule has 1 N–H and O–H groups in total. The predicted octanol–water partition coefficient (Wildman–Crippen LogP) is 2.17. The lowest BCUT2D eigenvalue weighted by Gasteiger charge is -2.12. The second kappa shape index (κ2) is 6.06. The number of nitrogens with zero attached hydrogens (tertiary/aromatic N) is 2. The molecule has 2 aromatic rings. The largest absolute Gasteiger partial charge is 0.497 e. The highest BCUT2D eigenvalue weighted by molar-refractivity contribution is 7.90. The Labute approximate surface area is 143 Å². The zero-order valence-corrected chi connectivity index (χ0v) is 14.0. The summed E-state index contributed by atoms with van der Waals surface area (Å²) >= 11 is 0. The fourth-order valence-electron chi connectivity index (χ4n) is 2.38. The second-order valence-electron chi connectivity index (χ2n) is 5.04. The van der Waals surface area contributed by atoms with Crippen molar-refractivity contribution < 1.29 is 22.8 Å². The summed E-state index contributed by atoms with van der Waals surface area (Å²) in [5, 5.41) is 13.8. The number of nitro benzene ring substituents is 1. The molecule has 0 saturated carbocycles. The lowest BCUT2D eigenvalue weighted by atomic mass is 10.1. The Morgan fingerprint density at radius 3 is 2.52 bits per heavy atom. The summed E-state index contributed by atoms with van der Waals surface area (Å²) in [6, 6.07) is 8.52. The molecule has 0 atom stereocenters. The van der Waals surface area contributed by atoms with Gasteiger partial charge in [0.1, 0.15) is 16.4 Å². The molecule has 3 rings (SSSR count). The van der Waals surface area contributed by atoms with Crippen LogP contribution in [0.15, 0.2) is 45.7 Å². The maximum Gasteiger partial charge on any atom is 0.285 e. The minimum Gasteiger partial charge on any atom is -0.497 e. The third kappa shape index (κ3) is 2.98. The number of benzene rings is 2. The van der Waals surface area contributed by atoms with Crippen LogP contribution in [0.2, 0.25) is 0 Å². The molecule has 2 aromatic carbocycles. The molecule has 9 nitrogen and oxygen atoms in total. The van der Waals surface area contributed by atoms with Crippen molar-refractivity contribution in [1.82, 2.24) is 0 Å². The molecule has 0 spiro atoms. The standard InChI is InChI=1S/C15H13N3O6S/c1-23-10-4-6-13(24-2)12(8-10)16-15-11-5-3-9(18(19)20)7-14(11)25(21,22)17-15/h3-8H,1-2H3,(H,16,17). The lowest BCUT2D eigenvalue weighted by Crippen LogP contribution is -2.12. The van der Waals surface area contributed by atoms with Gasteiger partial charge in [-0.25, -0.2) is 0 Å². The fraction of sp³-hybridized carbons (Fsp3) is 0.133. The van der Waals surface area contributed by atoms with E-state index in [0.29, 0.717) is 17.2 Å². The first-order chi connectivity index (χ1) is 11.9. The van der Waals surface area contributed by atoms with E-state index in [-0.39, 0.29) is 22.0 Å². The predicted molar refractivity (Wildman–Crippen MR) is 90.0 cm³/mol. The van der Waals surface area contributed by atoms with Crippen LogP contribution in [0.5, 0.6) is 11.5 Å². The van der Waals surface area contributed by atoms with Gasteiger partial charge in [0.25, 0.3) is 15.7 Å². The van der Waals surface area contributed by atoms with E-state index < -0.39 is 14.9 Å². The molecular weight excluding hydrogens is 350 g/mol. The number of methoxy groups -OCH3 is 2. The van der Waals surface area contributed by atoms with Crippen LogP contribution < -0.4 is 14.8 Å². The Morgan fingerprint density at radius 2 is 1.88 bits per heavy atom. The molecule has 0 aliphatic carbocycles. The number of nitrogens with one attached hydrogen (secondary N) is 1. The summed E-state index contributed by atoms with van der Waals surface area (Å²) in [6.45, 7) is 0. The molecule has 0 saturated heterocycles. The topological polar surface area (TPSA) is 120 Å². The normalized spacial score (nSPS) is 14.4. The van der Waals surface area contributed by atoms with E-state index in [2.05, 4.69) is 9.71 Å². The quantitative estimate of drug-likeness (QED) is 0.653. The number of anilines is 1. The minimum absolute atomic E-state index is 0.0523. The molecule has 1 heterocycles. The average Bonchev–Trinajstić information content (AvgIpc) is 2.84. The van der Waals surface area contributed by atoms with Crippen molar-refractivity contribution in [3.8, 4) is 11.5 Å². The number of amidine groups is 1. The van der Waals surface area contributed by atoms with Crippen molar-refractivity contribution in [1.29, 1.82) is 0 Å². The number of fused-ring (bicyclic) bond motifs is 1.